The fourth-order valence-corrected chi connectivity index (χ4v) is 2.18. The van der Waals surface area contributed by atoms with E-state index in [1.165, 1.54) is 25.7 Å². The molecule has 9 heavy (non-hydrogen) atoms. The SMILES string of the molecule is N#CC1[C@H]2CCCC[C@@H]12. The average Bonchev–Trinajstić information content (AvgIpc) is 2.60. The maximum absolute atomic E-state index is 8.59. The van der Waals surface area contributed by atoms with Crippen LogP contribution >= 0.6 is 0 Å². The molecule has 0 aliphatic heterocycles. The molecule has 2 aliphatic rings. The van der Waals surface area contributed by atoms with Crippen molar-refractivity contribution in [2.45, 2.75) is 25.7 Å². The normalized spacial score (nSPS) is 47.2. The first kappa shape index (κ1) is 5.29. The van der Waals surface area contributed by atoms with Crippen molar-refractivity contribution in [2.24, 2.45) is 17.8 Å². The molecule has 2 rings (SSSR count). The molecule has 2 aliphatic carbocycles. The van der Waals surface area contributed by atoms with E-state index in [1.54, 1.807) is 0 Å². The lowest BCUT2D eigenvalue weighted by atomic mass is 10.0. The number of hydrogen-bond donors (Lipinski definition) is 0. The van der Waals surface area contributed by atoms with Crippen LogP contribution in [0.1, 0.15) is 25.7 Å². The van der Waals surface area contributed by atoms with Crippen LogP contribution in [0.4, 0.5) is 0 Å². The summed E-state index contributed by atoms with van der Waals surface area (Å²) in [7, 11) is 0. The van der Waals surface area contributed by atoms with Crippen molar-refractivity contribution in [2.75, 3.05) is 0 Å². The minimum absolute atomic E-state index is 0.465. The second kappa shape index (κ2) is 1.73. The predicted molar refractivity (Wildman–Crippen MR) is 34.6 cm³/mol. The second-order valence-electron chi connectivity index (χ2n) is 3.27. The Morgan fingerprint density at radius 2 is 1.67 bits per heavy atom. The molecule has 0 saturated heterocycles. The summed E-state index contributed by atoms with van der Waals surface area (Å²) >= 11 is 0. The highest BCUT2D eigenvalue weighted by atomic mass is 14.5. The zero-order chi connectivity index (χ0) is 6.27. The molecule has 0 N–H and O–H groups in total. The van der Waals surface area contributed by atoms with E-state index in [0.29, 0.717) is 5.92 Å². The highest BCUT2D eigenvalue weighted by molar-refractivity contribution is 5.09. The molecule has 1 heteroatoms. The summed E-state index contributed by atoms with van der Waals surface area (Å²) in [5, 5.41) is 8.59. The molecule has 0 aromatic heterocycles. The van der Waals surface area contributed by atoms with Crippen molar-refractivity contribution in [1.29, 1.82) is 5.26 Å². The zero-order valence-electron chi connectivity index (χ0n) is 5.51. The fourth-order valence-electron chi connectivity index (χ4n) is 2.18. The molecule has 1 unspecified atom stereocenters. The average molecular weight is 121 g/mol. The molecule has 0 aromatic carbocycles. The van der Waals surface area contributed by atoms with Crippen molar-refractivity contribution in [3.8, 4) is 6.07 Å². The van der Waals surface area contributed by atoms with Crippen molar-refractivity contribution in [1.82, 2.24) is 0 Å². The molecule has 0 bridgehead atoms. The van der Waals surface area contributed by atoms with Gasteiger partial charge in [0.2, 0.25) is 0 Å². The van der Waals surface area contributed by atoms with Crippen LogP contribution < -0.4 is 0 Å². The maximum Gasteiger partial charge on any atom is 0.0661 e. The number of hydrogen-bond acceptors (Lipinski definition) is 1. The molecule has 0 aromatic rings. The molecular weight excluding hydrogens is 110 g/mol. The van der Waals surface area contributed by atoms with Crippen LogP contribution in [0.25, 0.3) is 0 Å². The molecule has 0 spiro atoms. The van der Waals surface area contributed by atoms with Crippen molar-refractivity contribution in [3.05, 3.63) is 0 Å². The van der Waals surface area contributed by atoms with Crippen molar-refractivity contribution < 1.29 is 0 Å². The molecule has 0 amide bonds. The predicted octanol–water partition coefficient (Wildman–Crippen LogP) is 1.95. The van der Waals surface area contributed by atoms with Gasteiger partial charge in [-0.3, -0.25) is 0 Å². The molecule has 48 valence electrons. The Labute approximate surface area is 55.7 Å². The molecule has 2 fully saturated rings. The third-order valence-electron chi connectivity index (χ3n) is 2.81. The summed E-state index contributed by atoms with van der Waals surface area (Å²) in [6.45, 7) is 0. The van der Waals surface area contributed by atoms with Gasteiger partial charge >= 0.3 is 0 Å². The van der Waals surface area contributed by atoms with E-state index in [4.69, 9.17) is 5.26 Å². The fraction of sp³-hybridized carbons (Fsp3) is 0.875. The van der Waals surface area contributed by atoms with Gasteiger partial charge < -0.3 is 0 Å². The lowest BCUT2D eigenvalue weighted by Crippen LogP contribution is -1.91. The third kappa shape index (κ3) is 0.660. The highest BCUT2D eigenvalue weighted by Crippen LogP contribution is 2.54. The van der Waals surface area contributed by atoms with E-state index >= 15 is 0 Å². The highest BCUT2D eigenvalue weighted by Gasteiger charge is 2.50. The third-order valence-corrected chi connectivity index (χ3v) is 2.81. The maximum atomic E-state index is 8.59. The van der Waals surface area contributed by atoms with Crippen molar-refractivity contribution in [3.63, 3.8) is 0 Å². The first-order valence-corrected chi connectivity index (χ1v) is 3.83. The summed E-state index contributed by atoms with van der Waals surface area (Å²) in [5.74, 6) is 2.11. The summed E-state index contributed by atoms with van der Waals surface area (Å²) < 4.78 is 0. The van der Waals surface area contributed by atoms with E-state index in [0.717, 1.165) is 11.8 Å². The summed E-state index contributed by atoms with van der Waals surface area (Å²) in [5.41, 5.74) is 0. The van der Waals surface area contributed by atoms with Crippen LogP contribution in [0.2, 0.25) is 0 Å². The van der Waals surface area contributed by atoms with Crippen LogP contribution in [0.3, 0.4) is 0 Å². The summed E-state index contributed by atoms with van der Waals surface area (Å²) in [6, 6.07) is 2.38. The second-order valence-corrected chi connectivity index (χ2v) is 3.27. The van der Waals surface area contributed by atoms with Crippen LogP contribution in [0, 0.1) is 29.1 Å². The number of nitrogens with zero attached hydrogens (tertiary/aromatic N) is 1. The summed E-state index contributed by atoms with van der Waals surface area (Å²) in [4.78, 5) is 0. The minimum Gasteiger partial charge on any atom is -0.198 e. The van der Waals surface area contributed by atoms with Crippen LogP contribution in [-0.4, -0.2) is 0 Å². The first-order chi connectivity index (χ1) is 4.43. The van der Waals surface area contributed by atoms with Gasteiger partial charge in [0.25, 0.3) is 0 Å². The van der Waals surface area contributed by atoms with Gasteiger partial charge in [-0.05, 0) is 24.7 Å². The Bertz CT molecular complexity index is 144. The van der Waals surface area contributed by atoms with Gasteiger partial charge in [-0.1, -0.05) is 12.8 Å². The van der Waals surface area contributed by atoms with Gasteiger partial charge in [-0.2, -0.15) is 5.26 Å². The molecule has 2 saturated carbocycles. The topological polar surface area (TPSA) is 23.8 Å². The van der Waals surface area contributed by atoms with Gasteiger partial charge in [-0.25, -0.2) is 0 Å². The summed E-state index contributed by atoms with van der Waals surface area (Å²) in [6.07, 6.45) is 5.42. The van der Waals surface area contributed by atoms with Crippen LogP contribution in [-0.2, 0) is 0 Å². The smallest absolute Gasteiger partial charge is 0.0661 e. The Balaban J connectivity index is 2.00. The number of rotatable bonds is 0. The molecule has 0 radical (unpaired) electrons. The molecular formula is C8H11N. The van der Waals surface area contributed by atoms with E-state index in [1.807, 2.05) is 0 Å². The largest absolute Gasteiger partial charge is 0.198 e. The van der Waals surface area contributed by atoms with Gasteiger partial charge in [0.1, 0.15) is 0 Å². The number of nitriles is 1. The van der Waals surface area contributed by atoms with E-state index in [2.05, 4.69) is 6.07 Å². The Hall–Kier alpha value is -0.510. The lowest BCUT2D eigenvalue weighted by molar-refractivity contribution is 0.480. The van der Waals surface area contributed by atoms with Gasteiger partial charge in [-0.15, -0.1) is 0 Å². The van der Waals surface area contributed by atoms with E-state index < -0.39 is 0 Å². The molecule has 3 atom stereocenters. The Morgan fingerprint density at radius 1 is 1.11 bits per heavy atom. The molecule has 1 nitrogen and oxygen atoms in total. The molecule has 0 heterocycles. The Morgan fingerprint density at radius 3 is 2.11 bits per heavy atom. The van der Waals surface area contributed by atoms with Gasteiger partial charge in [0.05, 0.1) is 12.0 Å². The lowest BCUT2D eigenvalue weighted by Gasteiger charge is -2.04. The zero-order valence-corrected chi connectivity index (χ0v) is 5.51. The van der Waals surface area contributed by atoms with Crippen LogP contribution in [0.15, 0.2) is 0 Å². The first-order valence-electron chi connectivity index (χ1n) is 3.83. The van der Waals surface area contributed by atoms with Gasteiger partial charge in [0.15, 0.2) is 0 Å². The number of fused-ring (bicyclic) bond motifs is 1. The van der Waals surface area contributed by atoms with E-state index in [-0.39, 0.29) is 0 Å². The van der Waals surface area contributed by atoms with Crippen LogP contribution in [0.5, 0.6) is 0 Å². The standard InChI is InChI=1S/C8H11N/c9-5-8-6-3-1-2-4-7(6)8/h6-8H,1-4H2/t6-,7+,8?. The van der Waals surface area contributed by atoms with Crippen molar-refractivity contribution >= 4 is 0 Å². The van der Waals surface area contributed by atoms with E-state index in [9.17, 15) is 0 Å². The quantitative estimate of drug-likeness (QED) is 0.480. The van der Waals surface area contributed by atoms with Gasteiger partial charge in [0, 0.05) is 0 Å². The monoisotopic (exact) mass is 121 g/mol. The Kier molecular flexibility index (Phi) is 1.02. The minimum atomic E-state index is 0.465.